The fraction of sp³-hybridized carbons (Fsp3) is 0.167. The van der Waals surface area contributed by atoms with Crippen LogP contribution in [0.15, 0.2) is 22.7 Å². The summed E-state index contributed by atoms with van der Waals surface area (Å²) in [6, 6.07) is 3.45. The zero-order valence-electron chi connectivity index (χ0n) is 9.53. The summed E-state index contributed by atoms with van der Waals surface area (Å²) in [7, 11) is 0. The quantitative estimate of drug-likeness (QED) is 0.749. The van der Waals surface area contributed by atoms with Crippen molar-refractivity contribution in [2.75, 3.05) is 5.32 Å². The number of amides is 2. The summed E-state index contributed by atoms with van der Waals surface area (Å²) >= 11 is 3.18. The third-order valence-electron chi connectivity index (χ3n) is 2.06. The maximum absolute atomic E-state index is 11.5. The topological polar surface area (TPSA) is 78.4 Å². The second-order valence-electron chi connectivity index (χ2n) is 3.49. The molecule has 1 rings (SSSR count). The van der Waals surface area contributed by atoms with E-state index >= 15 is 0 Å². The van der Waals surface area contributed by atoms with Crippen LogP contribution < -0.4 is 10.6 Å². The third-order valence-corrected chi connectivity index (χ3v) is 2.72. The zero-order chi connectivity index (χ0) is 13.7. The molecule has 1 atom stereocenters. The first kappa shape index (κ1) is 14.1. The molecule has 0 spiro atoms. The Morgan fingerprint density at radius 2 is 2.17 bits per heavy atom. The van der Waals surface area contributed by atoms with Crippen LogP contribution in [-0.2, 0) is 0 Å². The van der Waals surface area contributed by atoms with Crippen molar-refractivity contribution in [1.29, 1.82) is 0 Å². The molecule has 94 valence electrons. The molecule has 1 unspecified atom stereocenters. The predicted molar refractivity (Wildman–Crippen MR) is 71.6 cm³/mol. The fourth-order valence-corrected chi connectivity index (χ4v) is 1.62. The van der Waals surface area contributed by atoms with Crippen molar-refractivity contribution in [1.82, 2.24) is 5.32 Å². The summed E-state index contributed by atoms with van der Waals surface area (Å²) in [6.07, 6.45) is 5.13. The van der Waals surface area contributed by atoms with Crippen molar-refractivity contribution in [2.24, 2.45) is 0 Å². The van der Waals surface area contributed by atoms with Gasteiger partial charge in [0.2, 0.25) is 0 Å². The number of carboxylic acids is 1. The maximum atomic E-state index is 11.5. The second-order valence-corrected chi connectivity index (χ2v) is 4.34. The van der Waals surface area contributed by atoms with E-state index in [1.54, 1.807) is 6.92 Å². The fourth-order valence-electron chi connectivity index (χ4n) is 1.15. The summed E-state index contributed by atoms with van der Waals surface area (Å²) in [5, 5.41) is 13.9. The zero-order valence-corrected chi connectivity index (χ0v) is 11.1. The van der Waals surface area contributed by atoms with Crippen molar-refractivity contribution in [3.05, 3.63) is 28.2 Å². The van der Waals surface area contributed by atoms with E-state index in [-0.39, 0.29) is 11.6 Å². The van der Waals surface area contributed by atoms with Gasteiger partial charge in [-0.15, -0.1) is 6.42 Å². The molecule has 3 N–H and O–H groups in total. The highest BCUT2D eigenvalue weighted by molar-refractivity contribution is 9.10. The van der Waals surface area contributed by atoms with Crippen LogP contribution in [0, 0.1) is 12.3 Å². The minimum absolute atomic E-state index is 0.129. The summed E-state index contributed by atoms with van der Waals surface area (Å²) in [6.45, 7) is 1.67. The van der Waals surface area contributed by atoms with E-state index < -0.39 is 12.0 Å². The Morgan fingerprint density at radius 3 is 2.67 bits per heavy atom. The van der Waals surface area contributed by atoms with Gasteiger partial charge < -0.3 is 15.7 Å². The summed E-state index contributed by atoms with van der Waals surface area (Å²) in [5.74, 6) is 1.32. The lowest BCUT2D eigenvalue weighted by Gasteiger charge is -2.11. The number of hydrogen-bond donors (Lipinski definition) is 3. The molecule has 1 aromatic rings. The van der Waals surface area contributed by atoms with Gasteiger partial charge in [-0.05, 0) is 41.1 Å². The molecular weight excluding hydrogens is 300 g/mol. The molecule has 0 fully saturated rings. The molecule has 0 aliphatic carbocycles. The number of carbonyl (C=O) groups is 2. The van der Waals surface area contributed by atoms with Crippen LogP contribution in [0.2, 0.25) is 0 Å². The normalized spacial score (nSPS) is 11.2. The van der Waals surface area contributed by atoms with Gasteiger partial charge in [0.15, 0.2) is 0 Å². The lowest BCUT2D eigenvalue weighted by atomic mass is 10.2. The molecular formula is C12H11BrN2O3. The number of benzene rings is 1. The minimum Gasteiger partial charge on any atom is -0.478 e. The maximum Gasteiger partial charge on any atom is 0.335 e. The van der Waals surface area contributed by atoms with Gasteiger partial charge in [-0.3, -0.25) is 0 Å². The molecule has 5 nitrogen and oxygen atoms in total. The minimum atomic E-state index is -1.03. The number of nitrogens with one attached hydrogen (secondary N) is 2. The molecule has 6 heteroatoms. The molecule has 1 aromatic carbocycles. The molecule has 0 saturated heterocycles. The van der Waals surface area contributed by atoms with E-state index in [4.69, 9.17) is 11.5 Å². The monoisotopic (exact) mass is 310 g/mol. The largest absolute Gasteiger partial charge is 0.478 e. The number of halogens is 1. The number of terminal acetylenes is 1. The molecule has 0 saturated carbocycles. The number of anilines is 1. The third kappa shape index (κ3) is 3.79. The average molecular weight is 311 g/mol. The van der Waals surface area contributed by atoms with Crippen LogP contribution in [0.1, 0.15) is 17.3 Å². The number of urea groups is 1. The number of rotatable bonds is 3. The molecule has 0 bridgehead atoms. The molecule has 2 amide bonds. The van der Waals surface area contributed by atoms with E-state index in [1.165, 1.54) is 18.2 Å². The van der Waals surface area contributed by atoms with Crippen molar-refractivity contribution in [3.8, 4) is 12.3 Å². The summed E-state index contributed by atoms with van der Waals surface area (Å²) in [5.41, 5.74) is 0.589. The average Bonchev–Trinajstić information content (AvgIpc) is 2.31. The van der Waals surface area contributed by atoms with Gasteiger partial charge in [-0.2, -0.15) is 0 Å². The second kappa shape index (κ2) is 6.07. The Hall–Kier alpha value is -2.00. The number of aromatic carboxylic acids is 1. The van der Waals surface area contributed by atoms with E-state index in [1.807, 2.05) is 0 Å². The van der Waals surface area contributed by atoms with E-state index in [2.05, 4.69) is 32.5 Å². The highest BCUT2D eigenvalue weighted by Gasteiger charge is 2.10. The predicted octanol–water partition coefficient (Wildman–Crippen LogP) is 2.29. The van der Waals surface area contributed by atoms with E-state index in [9.17, 15) is 9.59 Å². The Balaban J connectivity index is 2.77. The molecule has 0 aromatic heterocycles. The first-order chi connectivity index (χ1) is 8.43. The molecule has 0 aliphatic heterocycles. The van der Waals surface area contributed by atoms with E-state index in [0.29, 0.717) is 10.2 Å². The van der Waals surface area contributed by atoms with Crippen LogP contribution in [-0.4, -0.2) is 23.1 Å². The molecule has 0 radical (unpaired) electrons. The van der Waals surface area contributed by atoms with Crippen LogP contribution in [0.4, 0.5) is 10.5 Å². The van der Waals surface area contributed by atoms with Gasteiger partial charge in [-0.25, -0.2) is 9.59 Å². The Kier molecular flexibility index (Phi) is 4.75. The van der Waals surface area contributed by atoms with Crippen molar-refractivity contribution < 1.29 is 14.7 Å². The number of carboxylic acid groups (broad SMARTS) is 1. The number of hydrogen-bond acceptors (Lipinski definition) is 2. The molecule has 0 heterocycles. The lowest BCUT2D eigenvalue weighted by Crippen LogP contribution is -2.35. The summed E-state index contributed by atoms with van der Waals surface area (Å²) in [4.78, 5) is 22.2. The Morgan fingerprint density at radius 1 is 1.50 bits per heavy atom. The van der Waals surface area contributed by atoms with Crippen molar-refractivity contribution >= 4 is 33.6 Å². The SMILES string of the molecule is C#CC(C)NC(=O)Nc1ccc(C(=O)O)cc1Br. The molecule has 18 heavy (non-hydrogen) atoms. The first-order valence-corrected chi connectivity index (χ1v) is 5.80. The van der Waals surface area contributed by atoms with Gasteiger partial charge in [0.25, 0.3) is 0 Å². The first-order valence-electron chi connectivity index (χ1n) is 5.00. The van der Waals surface area contributed by atoms with Gasteiger partial charge in [0.1, 0.15) is 0 Å². The van der Waals surface area contributed by atoms with Gasteiger partial charge in [0, 0.05) is 4.47 Å². The molecule has 0 aliphatic rings. The van der Waals surface area contributed by atoms with Crippen LogP contribution in [0.3, 0.4) is 0 Å². The lowest BCUT2D eigenvalue weighted by molar-refractivity contribution is 0.0697. The van der Waals surface area contributed by atoms with Crippen LogP contribution in [0.25, 0.3) is 0 Å². The van der Waals surface area contributed by atoms with Crippen molar-refractivity contribution in [2.45, 2.75) is 13.0 Å². The van der Waals surface area contributed by atoms with Gasteiger partial charge in [-0.1, -0.05) is 5.92 Å². The highest BCUT2D eigenvalue weighted by Crippen LogP contribution is 2.23. The van der Waals surface area contributed by atoms with E-state index in [0.717, 1.165) is 0 Å². The Bertz CT molecular complexity index is 523. The van der Waals surface area contributed by atoms with Gasteiger partial charge in [0.05, 0.1) is 17.3 Å². The number of carbonyl (C=O) groups excluding carboxylic acids is 1. The van der Waals surface area contributed by atoms with Crippen LogP contribution >= 0.6 is 15.9 Å². The standard InChI is InChI=1S/C12H11BrN2O3/c1-3-7(2)14-12(18)15-10-5-4-8(11(16)17)6-9(10)13/h1,4-7H,2H3,(H,16,17)(H2,14,15,18). The van der Waals surface area contributed by atoms with Gasteiger partial charge >= 0.3 is 12.0 Å². The highest BCUT2D eigenvalue weighted by atomic mass is 79.9. The van der Waals surface area contributed by atoms with Crippen LogP contribution in [0.5, 0.6) is 0 Å². The Labute approximate surface area is 113 Å². The summed E-state index contributed by atoms with van der Waals surface area (Å²) < 4.78 is 0.478. The smallest absolute Gasteiger partial charge is 0.335 e. The van der Waals surface area contributed by atoms with Crippen molar-refractivity contribution in [3.63, 3.8) is 0 Å².